The molecule has 0 aliphatic rings. The average Bonchev–Trinajstić information content (AvgIpc) is 3.22. The van der Waals surface area contributed by atoms with Gasteiger partial charge in [-0.05, 0) is 73.6 Å². The highest BCUT2D eigenvalue weighted by molar-refractivity contribution is 6.13. The van der Waals surface area contributed by atoms with Crippen LogP contribution in [-0.4, -0.2) is 12.8 Å². The minimum absolute atomic E-state index is 0.115. The van der Waals surface area contributed by atoms with Crippen LogP contribution in [-0.2, 0) is 6.54 Å². The lowest BCUT2D eigenvalue weighted by atomic mass is 10.0. The van der Waals surface area contributed by atoms with Gasteiger partial charge in [-0.1, -0.05) is 158 Å². The van der Waals surface area contributed by atoms with E-state index >= 15 is 0 Å². The van der Waals surface area contributed by atoms with Crippen molar-refractivity contribution in [1.82, 2.24) is 16.2 Å². The number of fused-ring (bicyclic) bond motifs is 2. The van der Waals surface area contributed by atoms with Crippen LogP contribution in [0.5, 0.6) is 0 Å². The Hall–Kier alpha value is -6.31. The number of hydrogen-bond donors (Lipinski definition) is 5. The summed E-state index contributed by atoms with van der Waals surface area (Å²) < 4.78 is 0. The third-order valence-corrected chi connectivity index (χ3v) is 9.47. The van der Waals surface area contributed by atoms with E-state index in [1.165, 1.54) is 21.7 Å². The van der Waals surface area contributed by atoms with Gasteiger partial charge in [0.05, 0.1) is 23.6 Å². The Morgan fingerprint density at radius 1 is 0.604 bits per heavy atom. The van der Waals surface area contributed by atoms with Crippen molar-refractivity contribution in [2.45, 2.75) is 18.8 Å². The smallest absolute Gasteiger partial charge is 0.0982 e. The fourth-order valence-corrected chi connectivity index (χ4v) is 6.46. The Morgan fingerprint density at radius 2 is 1.15 bits per heavy atom. The first-order chi connectivity index (χ1) is 26.0. The summed E-state index contributed by atoms with van der Waals surface area (Å²) in [5, 5.41) is 8.37. The van der Waals surface area contributed by atoms with Crippen LogP contribution in [0.25, 0.3) is 32.9 Å². The Morgan fingerprint density at radius 3 is 1.79 bits per heavy atom. The van der Waals surface area contributed by atoms with Crippen molar-refractivity contribution in [3.63, 3.8) is 0 Å². The molecule has 0 radical (unpaired) electrons. The number of hydrazine groups is 1. The second-order valence-electron chi connectivity index (χ2n) is 13.0. The predicted octanol–water partition coefficient (Wildman–Crippen LogP) is 9.04. The van der Waals surface area contributed by atoms with Gasteiger partial charge in [0.15, 0.2) is 0 Å². The van der Waals surface area contributed by atoms with Gasteiger partial charge in [-0.15, -0.1) is 0 Å². The molecule has 0 aromatic heterocycles. The fourth-order valence-electron chi connectivity index (χ4n) is 6.46. The summed E-state index contributed by atoms with van der Waals surface area (Å²) in [5.41, 5.74) is 28.9. The van der Waals surface area contributed by atoms with Crippen LogP contribution >= 0.6 is 0 Å². The molecule has 0 aliphatic carbocycles. The van der Waals surface area contributed by atoms with Gasteiger partial charge in [-0.2, -0.15) is 0 Å². The monoisotopic (exact) mass is 692 g/mol. The maximum atomic E-state index is 6.79. The number of hydrogen-bond acceptors (Lipinski definition) is 6. The zero-order chi connectivity index (χ0) is 36.4. The molecule has 6 heteroatoms. The molecule has 0 saturated carbocycles. The van der Waals surface area contributed by atoms with Gasteiger partial charge < -0.3 is 22.2 Å². The number of nitrogens with one attached hydrogen (secondary N) is 3. The maximum absolute atomic E-state index is 6.79. The third-order valence-electron chi connectivity index (χ3n) is 9.47. The van der Waals surface area contributed by atoms with E-state index in [9.17, 15) is 0 Å². The molecule has 2 unspecified atom stereocenters. The van der Waals surface area contributed by atoms with E-state index < -0.39 is 6.17 Å². The molecule has 7 N–H and O–H groups in total. The second-order valence-corrected chi connectivity index (χ2v) is 13.0. The number of aliphatic imine (C=N–C) groups is 1. The van der Waals surface area contributed by atoms with Crippen LogP contribution in [0.15, 0.2) is 187 Å². The van der Waals surface area contributed by atoms with Crippen LogP contribution in [0.4, 0.5) is 0 Å². The normalized spacial score (nSPS) is 13.6. The quantitative estimate of drug-likeness (QED) is 0.0472. The number of benzene rings is 7. The Bertz CT molecular complexity index is 2380. The van der Waals surface area contributed by atoms with Gasteiger partial charge in [-0.25, -0.2) is 5.43 Å². The van der Waals surface area contributed by atoms with Crippen LogP contribution in [0.2, 0.25) is 0 Å². The molecule has 6 nitrogen and oxygen atoms in total. The van der Waals surface area contributed by atoms with Gasteiger partial charge in [-0.3, -0.25) is 4.99 Å². The third kappa shape index (κ3) is 8.78. The van der Waals surface area contributed by atoms with Crippen LogP contribution in [0, 0.1) is 0 Å². The number of nitrogens with two attached hydrogens (primary N) is 2. The molecule has 0 amide bonds. The van der Waals surface area contributed by atoms with Crippen molar-refractivity contribution in [3.05, 3.63) is 215 Å². The molecule has 7 aromatic carbocycles. The molecule has 0 fully saturated rings. The first-order valence-electron chi connectivity index (χ1n) is 17.9. The molecule has 0 bridgehead atoms. The molecule has 0 saturated heterocycles. The van der Waals surface area contributed by atoms with Crippen LogP contribution in [0.1, 0.15) is 45.6 Å². The Labute approximate surface area is 311 Å². The van der Waals surface area contributed by atoms with E-state index in [2.05, 4.69) is 162 Å². The molecule has 7 rings (SSSR count). The number of allylic oxidation sites excluding steroid dienone is 1. The van der Waals surface area contributed by atoms with E-state index in [4.69, 9.17) is 16.5 Å². The lowest BCUT2D eigenvalue weighted by molar-refractivity contribution is 0.515. The molecular formula is C47H44N6. The van der Waals surface area contributed by atoms with E-state index in [1.807, 2.05) is 43.4 Å². The highest BCUT2D eigenvalue weighted by atomic mass is 15.4. The zero-order valence-corrected chi connectivity index (χ0v) is 29.8. The summed E-state index contributed by atoms with van der Waals surface area (Å²) in [5.74, 6) is 0. The minimum Gasteiger partial charge on any atom is -0.398 e. The van der Waals surface area contributed by atoms with E-state index in [-0.39, 0.29) is 6.04 Å². The summed E-state index contributed by atoms with van der Waals surface area (Å²) in [7, 11) is 1.82. The van der Waals surface area contributed by atoms with Gasteiger partial charge in [0.1, 0.15) is 0 Å². The molecule has 53 heavy (non-hydrogen) atoms. The molecule has 262 valence electrons. The van der Waals surface area contributed by atoms with E-state index in [0.29, 0.717) is 6.54 Å². The Kier molecular flexibility index (Phi) is 11.1. The molecule has 0 heterocycles. The maximum Gasteiger partial charge on any atom is 0.0982 e. The standard InChI is InChI=1S/C47H44N6/c1-50-44(41-26-20-34-14-8-10-18-39(34)28-41)31-46(42-27-21-35-15-9-11-19-40(35)29-42)52-53-47(49)38-24-22-37(23-25-38)45(51-32-33-12-4-2-5-13-33)30-43(48)36-16-6-3-7-17-36/h2-31,45,47,51-53H,32,48-49H2,1H3/b43-30-,46-31?,50-44?. The lowest BCUT2D eigenvalue weighted by Gasteiger charge is -2.21. The van der Waals surface area contributed by atoms with Crippen LogP contribution in [0.3, 0.4) is 0 Å². The topological polar surface area (TPSA) is 100 Å². The van der Waals surface area contributed by atoms with E-state index in [0.717, 1.165) is 50.3 Å². The van der Waals surface area contributed by atoms with Gasteiger partial charge in [0, 0.05) is 24.9 Å². The highest BCUT2D eigenvalue weighted by Gasteiger charge is 2.14. The summed E-state index contributed by atoms with van der Waals surface area (Å²) in [6.07, 6.45) is 3.65. The van der Waals surface area contributed by atoms with Crippen molar-refractivity contribution in [3.8, 4) is 0 Å². The second kappa shape index (κ2) is 16.8. The van der Waals surface area contributed by atoms with Gasteiger partial charge in [0.25, 0.3) is 0 Å². The van der Waals surface area contributed by atoms with Gasteiger partial charge >= 0.3 is 0 Å². The average molecular weight is 693 g/mol. The molecule has 0 aliphatic heterocycles. The first kappa shape index (κ1) is 35.1. The number of nitrogens with zero attached hydrogens (tertiary/aromatic N) is 1. The molecule has 2 atom stereocenters. The minimum atomic E-state index is -0.503. The molecular weight excluding hydrogens is 649 g/mol. The van der Waals surface area contributed by atoms with Gasteiger partial charge in [0.2, 0.25) is 0 Å². The van der Waals surface area contributed by atoms with Crippen molar-refractivity contribution >= 4 is 38.7 Å². The van der Waals surface area contributed by atoms with Crippen molar-refractivity contribution < 1.29 is 0 Å². The summed E-state index contributed by atoms with van der Waals surface area (Å²) in [6.45, 7) is 0.697. The fraction of sp³-hybridized carbons (Fsp3) is 0.0851. The SMILES string of the molecule is CN=C(C=C(NNC(N)c1ccc(C(/C=C(\N)c2ccccc2)NCc2ccccc2)cc1)c1ccc2ccccc2c1)c1ccc2ccccc2c1. The lowest BCUT2D eigenvalue weighted by Crippen LogP contribution is -2.39. The van der Waals surface area contributed by atoms with Crippen molar-refractivity contribution in [2.75, 3.05) is 7.05 Å². The largest absolute Gasteiger partial charge is 0.398 e. The summed E-state index contributed by atoms with van der Waals surface area (Å²) in [6, 6.07) is 58.2. The summed E-state index contributed by atoms with van der Waals surface area (Å²) >= 11 is 0. The van der Waals surface area contributed by atoms with E-state index in [1.54, 1.807) is 0 Å². The van der Waals surface area contributed by atoms with Crippen molar-refractivity contribution in [2.24, 2.45) is 16.5 Å². The van der Waals surface area contributed by atoms with Crippen molar-refractivity contribution in [1.29, 1.82) is 0 Å². The summed E-state index contributed by atoms with van der Waals surface area (Å²) in [4.78, 5) is 4.70. The first-order valence-corrected chi connectivity index (χ1v) is 17.9. The zero-order valence-electron chi connectivity index (χ0n) is 29.8. The van der Waals surface area contributed by atoms with Crippen LogP contribution < -0.4 is 27.6 Å². The molecule has 0 spiro atoms. The number of rotatable bonds is 13. The highest BCUT2D eigenvalue weighted by Crippen LogP contribution is 2.24. The Balaban J connectivity index is 1.13. The molecule has 7 aromatic rings. The predicted molar refractivity (Wildman–Crippen MR) is 223 cm³/mol.